The van der Waals surface area contributed by atoms with E-state index < -0.39 is 0 Å². The van der Waals surface area contributed by atoms with E-state index in [1.165, 1.54) is 0 Å². The lowest BCUT2D eigenvalue weighted by atomic mass is 10.2. The molecule has 1 aliphatic carbocycles. The summed E-state index contributed by atoms with van der Waals surface area (Å²) in [5.41, 5.74) is 4.85. The van der Waals surface area contributed by atoms with E-state index in [1.54, 1.807) is 17.0 Å². The Bertz CT molecular complexity index is 770. The Morgan fingerprint density at radius 2 is 2.17 bits per heavy atom. The lowest BCUT2D eigenvalue weighted by molar-refractivity contribution is 0.777. The number of rotatable bonds is 2. The highest BCUT2D eigenvalue weighted by atomic mass is 16.1. The van der Waals surface area contributed by atoms with Gasteiger partial charge in [0.25, 0.3) is 0 Å². The summed E-state index contributed by atoms with van der Waals surface area (Å²) in [5, 5.41) is 0. The van der Waals surface area contributed by atoms with E-state index in [1.807, 2.05) is 30.4 Å². The highest BCUT2D eigenvalue weighted by molar-refractivity contribution is 5.64. The molecule has 0 unspecified atom stereocenters. The van der Waals surface area contributed by atoms with Crippen LogP contribution >= 0.6 is 0 Å². The molecule has 5 nitrogen and oxygen atoms in total. The average Bonchev–Trinajstić information content (AvgIpc) is 2.57. The van der Waals surface area contributed by atoms with Gasteiger partial charge in [0.15, 0.2) is 11.3 Å². The van der Waals surface area contributed by atoms with E-state index in [0.717, 1.165) is 5.57 Å². The Morgan fingerprint density at radius 1 is 1.28 bits per heavy atom. The van der Waals surface area contributed by atoms with Gasteiger partial charge in [0.1, 0.15) is 0 Å². The van der Waals surface area contributed by atoms with Crippen molar-refractivity contribution in [1.82, 2.24) is 19.5 Å². The fraction of sp³-hybridized carbons (Fsp3) is 0.0769. The van der Waals surface area contributed by atoms with E-state index in [4.69, 9.17) is 0 Å². The van der Waals surface area contributed by atoms with Gasteiger partial charge in [-0.1, -0.05) is 12.2 Å². The highest BCUT2D eigenvalue weighted by Crippen LogP contribution is 2.08. The molecule has 0 spiro atoms. The zero-order valence-electron chi connectivity index (χ0n) is 9.50. The predicted octanol–water partition coefficient (Wildman–Crippen LogP) is 1.33. The van der Waals surface area contributed by atoms with Gasteiger partial charge in [0.2, 0.25) is 0 Å². The zero-order valence-corrected chi connectivity index (χ0v) is 9.50. The maximum absolute atomic E-state index is 11.8. The molecule has 5 heteroatoms. The molecule has 3 rings (SSSR count). The van der Waals surface area contributed by atoms with Gasteiger partial charge in [0.05, 0.1) is 6.54 Å². The number of nitrogens with one attached hydrogen (secondary N) is 1. The molecule has 2 aromatic heterocycles. The molecule has 0 aromatic carbocycles. The third-order valence-electron chi connectivity index (χ3n) is 2.64. The Balaban J connectivity index is 2.05. The SMILES string of the molecule is O=c1[nH]c2nccnc2n1CC1=CC=C=CC=C1. The summed E-state index contributed by atoms with van der Waals surface area (Å²) in [5.74, 6) is 0. The van der Waals surface area contributed by atoms with Crippen molar-refractivity contribution >= 4 is 11.3 Å². The molecule has 2 heterocycles. The third kappa shape index (κ3) is 1.83. The number of imidazole rings is 1. The first-order chi connectivity index (χ1) is 8.84. The van der Waals surface area contributed by atoms with Crippen LogP contribution in [0.4, 0.5) is 0 Å². The summed E-state index contributed by atoms with van der Waals surface area (Å²) in [6.07, 6.45) is 12.5. The van der Waals surface area contributed by atoms with Crippen LogP contribution in [0, 0.1) is 0 Å². The second-order valence-corrected chi connectivity index (χ2v) is 3.85. The van der Waals surface area contributed by atoms with Crippen LogP contribution in [0.3, 0.4) is 0 Å². The van der Waals surface area contributed by atoms with Crippen LogP contribution in [0.15, 0.2) is 58.9 Å². The molecule has 0 bridgehead atoms. The molecule has 18 heavy (non-hydrogen) atoms. The second kappa shape index (κ2) is 4.31. The van der Waals surface area contributed by atoms with Gasteiger partial charge >= 0.3 is 5.69 Å². The molecule has 1 N–H and O–H groups in total. The molecule has 0 saturated carbocycles. The molecular weight excluding hydrogens is 228 g/mol. The smallest absolute Gasteiger partial charge is 0.289 e. The first-order valence-corrected chi connectivity index (χ1v) is 5.52. The molecule has 0 atom stereocenters. The van der Waals surface area contributed by atoms with Gasteiger partial charge in [0, 0.05) is 12.4 Å². The van der Waals surface area contributed by atoms with Crippen LogP contribution in [0.25, 0.3) is 11.3 Å². The normalized spacial score (nSPS) is 13.9. The Morgan fingerprint density at radius 3 is 3.11 bits per heavy atom. The van der Waals surface area contributed by atoms with Gasteiger partial charge in [-0.25, -0.2) is 14.8 Å². The number of nitrogens with zero attached hydrogens (tertiary/aromatic N) is 3. The summed E-state index contributed by atoms with van der Waals surface area (Å²) in [6, 6.07) is 0. The van der Waals surface area contributed by atoms with Crippen LogP contribution in [0.1, 0.15) is 0 Å². The Labute approximate surface area is 103 Å². The topological polar surface area (TPSA) is 63.6 Å². The molecule has 0 amide bonds. The van der Waals surface area contributed by atoms with Crippen LogP contribution in [0.2, 0.25) is 0 Å². The predicted molar refractivity (Wildman–Crippen MR) is 68.0 cm³/mol. The Kier molecular flexibility index (Phi) is 2.52. The molecule has 0 fully saturated rings. The number of aromatic nitrogens is 4. The summed E-state index contributed by atoms with van der Waals surface area (Å²) >= 11 is 0. The lowest BCUT2D eigenvalue weighted by Gasteiger charge is -2.02. The average molecular weight is 238 g/mol. The van der Waals surface area contributed by atoms with Gasteiger partial charge in [-0.05, 0) is 23.8 Å². The number of hydrogen-bond acceptors (Lipinski definition) is 3. The first kappa shape index (κ1) is 10.5. The van der Waals surface area contributed by atoms with Crippen molar-refractivity contribution in [2.24, 2.45) is 0 Å². The fourth-order valence-corrected chi connectivity index (χ4v) is 1.81. The van der Waals surface area contributed by atoms with E-state index in [-0.39, 0.29) is 5.69 Å². The molecular formula is C13H10N4O. The van der Waals surface area contributed by atoms with Crippen molar-refractivity contribution < 1.29 is 0 Å². The summed E-state index contributed by atoms with van der Waals surface area (Å²) in [7, 11) is 0. The summed E-state index contributed by atoms with van der Waals surface area (Å²) in [4.78, 5) is 22.8. The van der Waals surface area contributed by atoms with Crippen LogP contribution in [-0.4, -0.2) is 19.5 Å². The number of H-pyrrole nitrogens is 1. The van der Waals surface area contributed by atoms with Gasteiger partial charge in [-0.15, -0.1) is 5.73 Å². The van der Waals surface area contributed by atoms with Crippen molar-refractivity contribution in [3.63, 3.8) is 0 Å². The van der Waals surface area contributed by atoms with Crippen molar-refractivity contribution in [2.75, 3.05) is 0 Å². The number of aromatic amines is 1. The minimum atomic E-state index is -0.202. The van der Waals surface area contributed by atoms with Gasteiger partial charge < -0.3 is 0 Å². The van der Waals surface area contributed by atoms with Crippen molar-refractivity contribution in [2.45, 2.75) is 6.54 Å². The van der Waals surface area contributed by atoms with E-state index >= 15 is 0 Å². The number of hydrogen-bond donors (Lipinski definition) is 1. The van der Waals surface area contributed by atoms with Gasteiger partial charge in [-0.3, -0.25) is 9.55 Å². The molecule has 1 aliphatic rings. The molecule has 0 saturated heterocycles. The number of fused-ring (bicyclic) bond motifs is 1. The van der Waals surface area contributed by atoms with Crippen molar-refractivity contribution in [1.29, 1.82) is 0 Å². The second-order valence-electron chi connectivity index (χ2n) is 3.85. The molecule has 0 aliphatic heterocycles. The monoisotopic (exact) mass is 238 g/mol. The van der Waals surface area contributed by atoms with Crippen LogP contribution in [0.5, 0.6) is 0 Å². The lowest BCUT2D eigenvalue weighted by Crippen LogP contribution is -2.17. The minimum absolute atomic E-state index is 0.202. The zero-order chi connectivity index (χ0) is 12.4. The van der Waals surface area contributed by atoms with Gasteiger partial charge in [-0.2, -0.15) is 0 Å². The van der Waals surface area contributed by atoms with E-state index in [9.17, 15) is 4.79 Å². The van der Waals surface area contributed by atoms with Crippen LogP contribution < -0.4 is 5.69 Å². The van der Waals surface area contributed by atoms with Crippen LogP contribution in [-0.2, 0) is 6.54 Å². The Hall–Kier alpha value is -2.65. The van der Waals surface area contributed by atoms with E-state index in [0.29, 0.717) is 17.8 Å². The maximum atomic E-state index is 11.8. The van der Waals surface area contributed by atoms with E-state index in [2.05, 4.69) is 20.7 Å². The quantitative estimate of drug-likeness (QED) is 0.803. The largest absolute Gasteiger partial charge is 0.329 e. The first-order valence-electron chi connectivity index (χ1n) is 5.52. The highest BCUT2D eigenvalue weighted by Gasteiger charge is 2.08. The molecule has 2 aromatic rings. The fourth-order valence-electron chi connectivity index (χ4n) is 1.81. The number of allylic oxidation sites excluding steroid dienone is 5. The molecule has 88 valence electrons. The van der Waals surface area contributed by atoms with Crippen molar-refractivity contribution in [3.05, 3.63) is 64.6 Å². The standard InChI is InChI=1S/C13H10N4O/c18-13-16-11-12(15-8-7-14-11)17(13)9-10-5-3-1-2-4-6-10/h1,3-8H,9H2,(H,14,16,18). The maximum Gasteiger partial charge on any atom is 0.329 e. The third-order valence-corrected chi connectivity index (χ3v) is 2.64. The summed E-state index contributed by atoms with van der Waals surface area (Å²) < 4.78 is 1.57. The minimum Gasteiger partial charge on any atom is -0.289 e. The van der Waals surface area contributed by atoms with Crippen molar-refractivity contribution in [3.8, 4) is 0 Å². The molecule has 0 radical (unpaired) electrons. The summed E-state index contributed by atoms with van der Waals surface area (Å²) in [6.45, 7) is 0.458.